The minimum atomic E-state index is -1.12. The zero-order valence-corrected chi connectivity index (χ0v) is 9.78. The molecular formula is C8H16O3S2. The fraction of sp³-hybridized carbons (Fsp3) is 1.00. The van der Waals surface area contributed by atoms with Crippen LogP contribution in [-0.4, -0.2) is 35.7 Å². The first-order chi connectivity index (χ1) is 5.84. The van der Waals surface area contributed by atoms with Crippen LogP contribution in [0.1, 0.15) is 20.8 Å². The van der Waals surface area contributed by atoms with Gasteiger partial charge in [0.25, 0.3) is 0 Å². The smallest absolute Gasteiger partial charge is 0.136 e. The molecule has 0 aromatic heterocycles. The van der Waals surface area contributed by atoms with Gasteiger partial charge in [0.1, 0.15) is 4.58 Å². The lowest BCUT2D eigenvalue weighted by Crippen LogP contribution is -2.40. The van der Waals surface area contributed by atoms with E-state index in [0.29, 0.717) is 11.5 Å². The Bertz CT molecular complexity index is 228. The molecule has 1 heterocycles. The van der Waals surface area contributed by atoms with E-state index in [2.05, 4.69) is 0 Å². The molecule has 0 spiro atoms. The number of aliphatic hydroxyl groups is 1. The summed E-state index contributed by atoms with van der Waals surface area (Å²) in [6.07, 6.45) is -0.739. The highest BCUT2D eigenvalue weighted by atomic mass is 32.3. The number of hydrogen-bond acceptors (Lipinski definition) is 3. The third kappa shape index (κ3) is 2.39. The summed E-state index contributed by atoms with van der Waals surface area (Å²) in [7, 11) is -2.23. The summed E-state index contributed by atoms with van der Waals surface area (Å²) in [4.78, 5) is 0. The van der Waals surface area contributed by atoms with Crippen molar-refractivity contribution in [3.63, 3.8) is 0 Å². The van der Waals surface area contributed by atoms with Gasteiger partial charge in [-0.15, -0.1) is 0 Å². The average molecular weight is 224 g/mol. The molecular weight excluding hydrogens is 208 g/mol. The molecule has 4 atom stereocenters. The Morgan fingerprint density at radius 3 is 1.92 bits per heavy atom. The Morgan fingerprint density at radius 1 is 1.23 bits per heavy atom. The summed E-state index contributed by atoms with van der Waals surface area (Å²) in [5.41, 5.74) is -0.347. The molecule has 1 fully saturated rings. The highest BCUT2D eigenvalue weighted by molar-refractivity contribution is 8.06. The van der Waals surface area contributed by atoms with Crippen molar-refractivity contribution in [3.05, 3.63) is 0 Å². The Balaban J connectivity index is 2.82. The quantitative estimate of drug-likeness (QED) is 0.694. The summed E-state index contributed by atoms with van der Waals surface area (Å²) in [5, 5.41) is 9.84. The lowest BCUT2D eigenvalue weighted by molar-refractivity contribution is 0.0763. The van der Waals surface area contributed by atoms with E-state index >= 15 is 0 Å². The molecule has 5 heteroatoms. The van der Waals surface area contributed by atoms with Gasteiger partial charge in [0, 0.05) is 33.1 Å². The van der Waals surface area contributed by atoms with E-state index in [9.17, 15) is 13.5 Å². The van der Waals surface area contributed by atoms with E-state index in [1.807, 2.05) is 20.8 Å². The molecule has 0 radical (unpaired) electrons. The number of hydrogen-bond donors (Lipinski definition) is 1. The van der Waals surface area contributed by atoms with Gasteiger partial charge in [0.05, 0.1) is 6.10 Å². The molecule has 1 N–H and O–H groups in total. The second-order valence-corrected chi connectivity index (χ2v) is 8.00. The van der Waals surface area contributed by atoms with Gasteiger partial charge >= 0.3 is 0 Å². The van der Waals surface area contributed by atoms with Gasteiger partial charge in [0.2, 0.25) is 0 Å². The molecule has 0 amide bonds. The highest BCUT2D eigenvalue weighted by Crippen LogP contribution is 2.28. The summed E-state index contributed by atoms with van der Waals surface area (Å²) < 4.78 is 22.3. The van der Waals surface area contributed by atoms with E-state index in [1.54, 1.807) is 0 Å². The Kier molecular flexibility index (Phi) is 3.30. The molecule has 3 nitrogen and oxygen atoms in total. The van der Waals surface area contributed by atoms with Gasteiger partial charge in [0.15, 0.2) is 0 Å². The molecule has 0 bridgehead atoms. The van der Waals surface area contributed by atoms with Crippen molar-refractivity contribution in [1.82, 2.24) is 0 Å². The molecule has 0 aliphatic carbocycles. The fourth-order valence-corrected chi connectivity index (χ4v) is 5.92. The van der Waals surface area contributed by atoms with Crippen LogP contribution in [0.5, 0.6) is 0 Å². The molecule has 0 aromatic rings. The monoisotopic (exact) mass is 224 g/mol. The largest absolute Gasteiger partial charge is 0.390 e. The standard InChI is InChI=1S/C8H16O3S2/c1-8(2,3)6(9)7-12(10)4-5-13(7)11/h6-7,9H,4-5H2,1-3H3/t6-,7?,12-,13+/m1/s1. The van der Waals surface area contributed by atoms with Gasteiger partial charge < -0.3 is 5.11 Å². The molecule has 13 heavy (non-hydrogen) atoms. The first kappa shape index (κ1) is 11.3. The predicted molar refractivity (Wildman–Crippen MR) is 55.3 cm³/mol. The van der Waals surface area contributed by atoms with E-state index < -0.39 is 32.3 Å². The summed E-state index contributed by atoms with van der Waals surface area (Å²) in [6.45, 7) is 5.60. The molecule has 1 unspecified atom stereocenters. The van der Waals surface area contributed by atoms with Crippen LogP contribution < -0.4 is 0 Å². The van der Waals surface area contributed by atoms with E-state index in [-0.39, 0.29) is 5.41 Å². The van der Waals surface area contributed by atoms with Gasteiger partial charge in [-0.05, 0) is 5.41 Å². The molecule has 78 valence electrons. The minimum absolute atomic E-state index is 0.347. The topological polar surface area (TPSA) is 54.4 Å². The van der Waals surface area contributed by atoms with Crippen molar-refractivity contribution in [1.29, 1.82) is 0 Å². The van der Waals surface area contributed by atoms with Crippen LogP contribution in [0.4, 0.5) is 0 Å². The second kappa shape index (κ2) is 3.79. The van der Waals surface area contributed by atoms with Crippen LogP contribution in [0.15, 0.2) is 0 Å². The summed E-state index contributed by atoms with van der Waals surface area (Å²) in [5.74, 6) is 0.925. The summed E-state index contributed by atoms with van der Waals surface area (Å²) >= 11 is 0. The van der Waals surface area contributed by atoms with Gasteiger partial charge in [-0.3, -0.25) is 8.42 Å². The van der Waals surface area contributed by atoms with Gasteiger partial charge in [-0.2, -0.15) is 0 Å². The SMILES string of the molecule is CC(C)(C)[C@H](O)C1[S@](=O)CC[S@@]1=O. The zero-order valence-electron chi connectivity index (χ0n) is 8.15. The predicted octanol–water partition coefficient (Wildman–Crippen LogP) is 0.230. The van der Waals surface area contributed by atoms with Crippen LogP contribution >= 0.6 is 0 Å². The summed E-state index contributed by atoms with van der Waals surface area (Å²) in [6, 6.07) is 0. The molecule has 0 saturated carbocycles. The molecule has 1 aliphatic heterocycles. The first-order valence-electron chi connectivity index (χ1n) is 4.26. The third-order valence-electron chi connectivity index (χ3n) is 2.15. The number of aliphatic hydroxyl groups excluding tert-OH is 1. The van der Waals surface area contributed by atoms with Crippen LogP contribution in [0.2, 0.25) is 0 Å². The third-order valence-corrected chi connectivity index (χ3v) is 6.46. The zero-order chi connectivity index (χ0) is 10.2. The van der Waals surface area contributed by atoms with Crippen molar-refractivity contribution < 1.29 is 13.5 Å². The van der Waals surface area contributed by atoms with Crippen LogP contribution in [-0.2, 0) is 21.6 Å². The lowest BCUT2D eigenvalue weighted by atomic mass is 9.90. The van der Waals surface area contributed by atoms with E-state index in [4.69, 9.17) is 0 Å². The number of rotatable bonds is 1. The van der Waals surface area contributed by atoms with Crippen LogP contribution in [0, 0.1) is 5.41 Å². The van der Waals surface area contributed by atoms with Gasteiger partial charge in [-0.1, -0.05) is 20.8 Å². The maximum Gasteiger partial charge on any atom is 0.136 e. The maximum atomic E-state index is 11.4. The molecule has 1 saturated heterocycles. The fourth-order valence-electron chi connectivity index (χ4n) is 1.21. The Labute approximate surface area is 83.8 Å². The second-order valence-electron chi connectivity index (χ2n) is 4.35. The maximum absolute atomic E-state index is 11.4. The molecule has 1 aliphatic rings. The van der Waals surface area contributed by atoms with Crippen molar-refractivity contribution in [2.24, 2.45) is 5.41 Å². The van der Waals surface area contributed by atoms with Crippen LogP contribution in [0.3, 0.4) is 0 Å². The van der Waals surface area contributed by atoms with Crippen molar-refractivity contribution in [3.8, 4) is 0 Å². The first-order valence-corrected chi connectivity index (χ1v) is 7.03. The normalized spacial score (nSPS) is 37.7. The van der Waals surface area contributed by atoms with Gasteiger partial charge in [-0.25, -0.2) is 0 Å². The van der Waals surface area contributed by atoms with E-state index in [0.717, 1.165) is 0 Å². The van der Waals surface area contributed by atoms with Crippen molar-refractivity contribution >= 4 is 21.6 Å². The Morgan fingerprint density at radius 2 is 1.62 bits per heavy atom. The molecule has 0 aromatic carbocycles. The van der Waals surface area contributed by atoms with Crippen LogP contribution in [0.25, 0.3) is 0 Å². The lowest BCUT2D eigenvalue weighted by Gasteiger charge is -2.29. The Hall–Kier alpha value is 0.260. The van der Waals surface area contributed by atoms with Crippen molar-refractivity contribution in [2.45, 2.75) is 31.5 Å². The van der Waals surface area contributed by atoms with Crippen molar-refractivity contribution in [2.75, 3.05) is 11.5 Å². The average Bonchev–Trinajstić information content (AvgIpc) is 2.28. The van der Waals surface area contributed by atoms with E-state index in [1.165, 1.54) is 0 Å². The highest BCUT2D eigenvalue weighted by Gasteiger charge is 2.41. The minimum Gasteiger partial charge on any atom is -0.390 e. The molecule has 1 rings (SSSR count).